The molecule has 3 aromatic rings. The number of aromatic amines is 1. The van der Waals surface area contributed by atoms with E-state index >= 15 is 0 Å². The quantitative estimate of drug-likeness (QED) is 0.321. The number of nitriles is 1. The second-order valence-electron chi connectivity index (χ2n) is 6.74. The van der Waals surface area contributed by atoms with Gasteiger partial charge in [0.25, 0.3) is 0 Å². The maximum atomic E-state index is 12.9. The van der Waals surface area contributed by atoms with Crippen molar-refractivity contribution in [1.29, 1.82) is 5.26 Å². The Bertz CT molecular complexity index is 1150. The van der Waals surface area contributed by atoms with Crippen molar-refractivity contribution < 1.29 is 4.79 Å². The molecule has 0 atom stereocenters. The summed E-state index contributed by atoms with van der Waals surface area (Å²) >= 11 is 4.71. The van der Waals surface area contributed by atoms with Gasteiger partial charge in [-0.1, -0.05) is 52.0 Å². The second kappa shape index (κ2) is 8.38. The third-order valence-electron chi connectivity index (χ3n) is 4.90. The van der Waals surface area contributed by atoms with Crippen molar-refractivity contribution >= 4 is 44.8 Å². The molecule has 0 saturated heterocycles. The molecule has 2 aromatic carbocycles. The fourth-order valence-corrected chi connectivity index (χ4v) is 4.40. The fraction of sp³-hybridized carbons (Fsp3) is 0.136. The van der Waals surface area contributed by atoms with E-state index in [0.717, 1.165) is 27.1 Å². The Morgan fingerprint density at radius 1 is 1.13 bits per heavy atom. The van der Waals surface area contributed by atoms with Crippen LogP contribution in [0.1, 0.15) is 0 Å². The van der Waals surface area contributed by atoms with Crippen LogP contribution in [0, 0.1) is 11.3 Å². The molecule has 0 aliphatic carbocycles. The average Bonchev–Trinajstić information content (AvgIpc) is 3.33. The van der Waals surface area contributed by atoms with E-state index in [4.69, 9.17) is 0 Å². The number of H-pyrrole nitrogens is 1. The van der Waals surface area contributed by atoms with Gasteiger partial charge in [0.15, 0.2) is 10.9 Å². The van der Waals surface area contributed by atoms with Gasteiger partial charge in [-0.25, -0.2) is 4.98 Å². The number of halogens is 1. The molecule has 30 heavy (non-hydrogen) atoms. The molecular formula is C22H18BrN5OS. The third kappa shape index (κ3) is 3.74. The molecule has 1 aliphatic heterocycles. The van der Waals surface area contributed by atoms with Crippen LogP contribution in [0.4, 0.5) is 11.4 Å². The first kappa shape index (κ1) is 20.3. The van der Waals surface area contributed by atoms with Gasteiger partial charge in [-0.2, -0.15) is 5.26 Å². The van der Waals surface area contributed by atoms with Crippen LogP contribution in [0.5, 0.6) is 0 Å². The SMILES string of the molecule is CN1C(=C(C#N)C(=O)CSc2ncc(-c3ccc(Br)cc3)[nH]2)N(C)c2ccccc21. The number of nitrogens with one attached hydrogen (secondary N) is 1. The Hall–Kier alpha value is -3.02. The van der Waals surface area contributed by atoms with E-state index in [0.29, 0.717) is 11.0 Å². The summed E-state index contributed by atoms with van der Waals surface area (Å²) in [6.45, 7) is 0. The highest BCUT2D eigenvalue weighted by molar-refractivity contribution is 9.10. The number of rotatable bonds is 5. The van der Waals surface area contributed by atoms with Crippen molar-refractivity contribution in [3.8, 4) is 17.3 Å². The zero-order valence-electron chi connectivity index (χ0n) is 16.4. The van der Waals surface area contributed by atoms with Crippen LogP contribution in [0.25, 0.3) is 11.3 Å². The molecule has 1 aliphatic rings. The molecule has 1 aromatic heterocycles. The number of anilines is 2. The number of imidazole rings is 1. The topological polar surface area (TPSA) is 76.0 Å². The molecule has 150 valence electrons. The molecule has 0 fully saturated rings. The average molecular weight is 480 g/mol. The molecular weight excluding hydrogens is 462 g/mol. The van der Waals surface area contributed by atoms with E-state index in [9.17, 15) is 10.1 Å². The van der Waals surface area contributed by atoms with Crippen molar-refractivity contribution in [2.45, 2.75) is 5.16 Å². The van der Waals surface area contributed by atoms with Gasteiger partial charge in [0.2, 0.25) is 0 Å². The first-order chi connectivity index (χ1) is 14.5. The van der Waals surface area contributed by atoms with Gasteiger partial charge in [-0.15, -0.1) is 0 Å². The van der Waals surface area contributed by atoms with Crippen LogP contribution in [0.15, 0.2) is 75.8 Å². The molecule has 0 spiro atoms. The van der Waals surface area contributed by atoms with Gasteiger partial charge < -0.3 is 14.8 Å². The summed E-state index contributed by atoms with van der Waals surface area (Å²) in [4.78, 5) is 24.2. The summed E-state index contributed by atoms with van der Waals surface area (Å²) in [7, 11) is 3.74. The maximum Gasteiger partial charge on any atom is 0.187 e. The van der Waals surface area contributed by atoms with E-state index in [2.05, 4.69) is 32.0 Å². The number of carbonyl (C=O) groups is 1. The van der Waals surface area contributed by atoms with Gasteiger partial charge in [-0.3, -0.25) is 4.79 Å². The summed E-state index contributed by atoms with van der Waals surface area (Å²) in [6.07, 6.45) is 1.74. The van der Waals surface area contributed by atoms with E-state index in [1.807, 2.05) is 72.4 Å². The van der Waals surface area contributed by atoms with Crippen molar-refractivity contribution in [1.82, 2.24) is 9.97 Å². The smallest absolute Gasteiger partial charge is 0.187 e. The number of aromatic nitrogens is 2. The molecule has 2 heterocycles. The molecule has 4 rings (SSSR count). The number of fused-ring (bicyclic) bond motifs is 1. The number of carbonyl (C=O) groups excluding carboxylic acids is 1. The summed E-state index contributed by atoms with van der Waals surface area (Å²) in [5.41, 5.74) is 3.96. The van der Waals surface area contributed by atoms with E-state index in [1.54, 1.807) is 6.20 Å². The van der Waals surface area contributed by atoms with Crippen molar-refractivity contribution in [3.05, 3.63) is 70.6 Å². The lowest BCUT2D eigenvalue weighted by molar-refractivity contribution is -0.112. The number of Topliss-reactive ketones (excluding diaryl/α,β-unsaturated/α-hetero) is 1. The van der Waals surface area contributed by atoms with Crippen LogP contribution in [0.2, 0.25) is 0 Å². The molecule has 0 radical (unpaired) electrons. The summed E-state index contributed by atoms with van der Waals surface area (Å²) in [5, 5.41) is 10.4. The highest BCUT2D eigenvalue weighted by Gasteiger charge is 2.31. The minimum absolute atomic E-state index is 0.123. The highest BCUT2D eigenvalue weighted by atomic mass is 79.9. The molecule has 0 saturated carbocycles. The Kier molecular flexibility index (Phi) is 5.66. The van der Waals surface area contributed by atoms with Crippen molar-refractivity contribution in [2.24, 2.45) is 0 Å². The van der Waals surface area contributed by atoms with Crippen molar-refractivity contribution in [2.75, 3.05) is 29.6 Å². The largest absolute Gasteiger partial charge is 0.333 e. The predicted molar refractivity (Wildman–Crippen MR) is 123 cm³/mol. The van der Waals surface area contributed by atoms with Gasteiger partial charge in [0, 0.05) is 18.6 Å². The van der Waals surface area contributed by atoms with Crippen molar-refractivity contribution in [3.63, 3.8) is 0 Å². The lowest BCUT2D eigenvalue weighted by Crippen LogP contribution is -2.26. The maximum absolute atomic E-state index is 12.9. The number of para-hydroxylation sites is 2. The van der Waals surface area contributed by atoms with Gasteiger partial charge in [0.1, 0.15) is 17.5 Å². The monoisotopic (exact) mass is 479 g/mol. The number of thioether (sulfide) groups is 1. The lowest BCUT2D eigenvalue weighted by Gasteiger charge is -2.19. The second-order valence-corrected chi connectivity index (χ2v) is 8.62. The molecule has 0 unspecified atom stereocenters. The predicted octanol–water partition coefficient (Wildman–Crippen LogP) is 4.82. The Balaban J connectivity index is 1.51. The van der Waals surface area contributed by atoms with Crippen LogP contribution in [-0.4, -0.2) is 35.6 Å². The molecule has 0 bridgehead atoms. The van der Waals surface area contributed by atoms with Crippen LogP contribution in [0.3, 0.4) is 0 Å². The zero-order valence-corrected chi connectivity index (χ0v) is 18.8. The summed E-state index contributed by atoms with van der Waals surface area (Å²) in [6, 6.07) is 17.8. The number of ketones is 1. The Morgan fingerprint density at radius 2 is 1.77 bits per heavy atom. The van der Waals surface area contributed by atoms with Crippen LogP contribution < -0.4 is 9.80 Å². The van der Waals surface area contributed by atoms with Gasteiger partial charge in [0.05, 0.1) is 29.0 Å². The Morgan fingerprint density at radius 3 is 2.37 bits per heavy atom. The minimum Gasteiger partial charge on any atom is -0.333 e. The molecule has 1 N–H and O–H groups in total. The van der Waals surface area contributed by atoms with Crippen LogP contribution in [-0.2, 0) is 4.79 Å². The summed E-state index contributed by atoms with van der Waals surface area (Å²) < 4.78 is 1.01. The number of hydrogen-bond donors (Lipinski definition) is 1. The third-order valence-corrected chi connectivity index (χ3v) is 6.32. The first-order valence-electron chi connectivity index (χ1n) is 9.17. The summed E-state index contributed by atoms with van der Waals surface area (Å²) in [5.74, 6) is 0.488. The number of benzene rings is 2. The van der Waals surface area contributed by atoms with Gasteiger partial charge >= 0.3 is 0 Å². The lowest BCUT2D eigenvalue weighted by atomic mass is 10.2. The number of allylic oxidation sites excluding steroid dienone is 1. The first-order valence-corrected chi connectivity index (χ1v) is 10.9. The minimum atomic E-state index is -0.231. The molecule has 8 heteroatoms. The van der Waals surface area contributed by atoms with E-state index in [-0.39, 0.29) is 17.1 Å². The molecule has 0 amide bonds. The number of hydrogen-bond acceptors (Lipinski definition) is 6. The Labute approximate surface area is 187 Å². The van der Waals surface area contributed by atoms with E-state index in [1.165, 1.54) is 11.8 Å². The van der Waals surface area contributed by atoms with Gasteiger partial charge in [-0.05, 0) is 29.8 Å². The standard InChI is InChI=1S/C22H18BrN5OS/c1-27-18-5-3-4-6-19(18)28(2)21(27)16(11-24)20(29)13-30-22-25-12-17(26-22)14-7-9-15(23)10-8-14/h3-10,12H,13H2,1-2H3,(H,25,26). The highest BCUT2D eigenvalue weighted by Crippen LogP contribution is 2.40. The molecule has 6 nitrogen and oxygen atoms in total. The number of nitrogens with zero attached hydrogens (tertiary/aromatic N) is 4. The van der Waals surface area contributed by atoms with E-state index < -0.39 is 0 Å². The van der Waals surface area contributed by atoms with Crippen LogP contribution >= 0.6 is 27.7 Å². The zero-order chi connectivity index (χ0) is 21.3. The normalized spacial score (nSPS) is 12.7. The fourth-order valence-electron chi connectivity index (χ4n) is 3.42.